The number of carbonyl (C=O) groups excluding carboxylic acids is 1. The molecule has 0 saturated heterocycles. The van der Waals surface area contributed by atoms with E-state index in [0.29, 0.717) is 17.8 Å². The lowest BCUT2D eigenvalue weighted by Crippen LogP contribution is -2.32. The average molecular weight is 363 g/mol. The standard InChI is InChI=1S/C22H34O4/c1-16(2)13-18(14-17(3)4)15-22(5,19-9-7-6-8-10-19)26-21(25)12-11-20(23)24/h6-10,16-18H,11-15H2,1-5H3,(H,23,24). The summed E-state index contributed by atoms with van der Waals surface area (Å²) in [6, 6.07) is 9.78. The molecule has 26 heavy (non-hydrogen) atoms. The second-order valence-corrected chi connectivity index (χ2v) is 8.29. The Kier molecular flexibility index (Phi) is 8.83. The molecule has 1 N–H and O–H groups in total. The van der Waals surface area contributed by atoms with Gasteiger partial charge >= 0.3 is 11.9 Å². The maximum Gasteiger partial charge on any atom is 0.307 e. The molecule has 1 aromatic rings. The Balaban J connectivity index is 3.02. The second kappa shape index (κ2) is 10.3. The molecule has 0 spiro atoms. The monoisotopic (exact) mass is 362 g/mol. The molecule has 146 valence electrons. The van der Waals surface area contributed by atoms with Crippen molar-refractivity contribution in [1.29, 1.82) is 0 Å². The molecule has 0 aliphatic heterocycles. The third-order valence-electron chi connectivity index (χ3n) is 4.55. The van der Waals surface area contributed by atoms with E-state index in [9.17, 15) is 9.59 Å². The number of carboxylic acids is 1. The van der Waals surface area contributed by atoms with Gasteiger partial charge in [-0.05, 0) is 49.5 Å². The molecule has 0 heterocycles. The third-order valence-corrected chi connectivity index (χ3v) is 4.55. The highest BCUT2D eigenvalue weighted by atomic mass is 16.6. The first-order chi connectivity index (χ1) is 12.1. The minimum atomic E-state index is -0.985. The van der Waals surface area contributed by atoms with Crippen molar-refractivity contribution in [2.24, 2.45) is 17.8 Å². The summed E-state index contributed by atoms with van der Waals surface area (Å²) in [5.74, 6) is 0.142. The Morgan fingerprint density at radius 3 is 2.00 bits per heavy atom. The molecule has 0 aliphatic rings. The van der Waals surface area contributed by atoms with Gasteiger partial charge in [0, 0.05) is 0 Å². The number of ether oxygens (including phenoxy) is 1. The molecular formula is C22H34O4. The van der Waals surface area contributed by atoms with E-state index in [-0.39, 0.29) is 12.8 Å². The normalized spacial score (nSPS) is 13.8. The van der Waals surface area contributed by atoms with Crippen molar-refractivity contribution in [3.05, 3.63) is 35.9 Å². The molecule has 0 fully saturated rings. The lowest BCUT2D eigenvalue weighted by Gasteiger charge is -2.35. The van der Waals surface area contributed by atoms with E-state index in [4.69, 9.17) is 9.84 Å². The van der Waals surface area contributed by atoms with Gasteiger partial charge in [-0.15, -0.1) is 0 Å². The molecule has 0 bridgehead atoms. The van der Waals surface area contributed by atoms with E-state index in [0.717, 1.165) is 24.8 Å². The fraction of sp³-hybridized carbons (Fsp3) is 0.636. The Morgan fingerprint density at radius 2 is 1.54 bits per heavy atom. The van der Waals surface area contributed by atoms with Gasteiger partial charge in [0.05, 0.1) is 12.8 Å². The van der Waals surface area contributed by atoms with Crippen molar-refractivity contribution in [2.75, 3.05) is 0 Å². The number of benzene rings is 1. The van der Waals surface area contributed by atoms with Gasteiger partial charge in [0.2, 0.25) is 0 Å². The van der Waals surface area contributed by atoms with Crippen LogP contribution in [0.4, 0.5) is 0 Å². The highest BCUT2D eigenvalue weighted by Crippen LogP contribution is 2.37. The molecule has 0 saturated carbocycles. The molecule has 4 nitrogen and oxygen atoms in total. The number of rotatable bonds is 11. The van der Waals surface area contributed by atoms with Crippen molar-refractivity contribution < 1.29 is 19.4 Å². The lowest BCUT2D eigenvalue weighted by atomic mass is 9.79. The Morgan fingerprint density at radius 1 is 1.00 bits per heavy atom. The fourth-order valence-electron chi connectivity index (χ4n) is 3.67. The maximum absolute atomic E-state index is 12.3. The first-order valence-corrected chi connectivity index (χ1v) is 9.61. The van der Waals surface area contributed by atoms with Crippen molar-refractivity contribution in [3.8, 4) is 0 Å². The van der Waals surface area contributed by atoms with Crippen LogP contribution in [0.15, 0.2) is 30.3 Å². The van der Waals surface area contributed by atoms with Crippen molar-refractivity contribution >= 4 is 11.9 Å². The lowest BCUT2D eigenvalue weighted by molar-refractivity contribution is -0.163. The molecule has 1 unspecified atom stereocenters. The van der Waals surface area contributed by atoms with Crippen LogP contribution in [0.2, 0.25) is 0 Å². The SMILES string of the molecule is CC(C)CC(CC(C)C)CC(C)(OC(=O)CCC(=O)O)c1ccccc1. The zero-order valence-corrected chi connectivity index (χ0v) is 16.8. The minimum absolute atomic E-state index is 0.100. The minimum Gasteiger partial charge on any atom is -0.481 e. The second-order valence-electron chi connectivity index (χ2n) is 8.29. The third kappa shape index (κ3) is 8.03. The largest absolute Gasteiger partial charge is 0.481 e. The van der Waals surface area contributed by atoms with Crippen molar-refractivity contribution in [1.82, 2.24) is 0 Å². The Labute approximate surface area is 158 Å². The highest BCUT2D eigenvalue weighted by Gasteiger charge is 2.34. The van der Waals surface area contributed by atoms with Gasteiger partial charge in [-0.3, -0.25) is 9.59 Å². The molecule has 1 atom stereocenters. The van der Waals surface area contributed by atoms with Gasteiger partial charge in [0.1, 0.15) is 5.60 Å². The van der Waals surface area contributed by atoms with E-state index in [1.807, 2.05) is 37.3 Å². The Bertz CT molecular complexity index is 555. The highest BCUT2D eigenvalue weighted by molar-refractivity contribution is 5.76. The summed E-state index contributed by atoms with van der Waals surface area (Å²) in [5.41, 5.74) is 0.215. The number of carboxylic acid groups (broad SMARTS) is 1. The van der Waals surface area contributed by atoms with Crippen LogP contribution in [-0.2, 0) is 19.9 Å². The summed E-state index contributed by atoms with van der Waals surface area (Å²) in [5, 5.41) is 8.81. The van der Waals surface area contributed by atoms with Crippen LogP contribution in [0.3, 0.4) is 0 Å². The van der Waals surface area contributed by atoms with Crippen LogP contribution in [0.25, 0.3) is 0 Å². The van der Waals surface area contributed by atoms with Crippen LogP contribution in [0.5, 0.6) is 0 Å². The van der Waals surface area contributed by atoms with Crippen LogP contribution in [-0.4, -0.2) is 17.0 Å². The molecule has 0 aromatic heterocycles. The summed E-state index contributed by atoms with van der Waals surface area (Å²) < 4.78 is 5.87. The van der Waals surface area contributed by atoms with Crippen molar-refractivity contribution in [2.45, 2.75) is 72.3 Å². The van der Waals surface area contributed by atoms with Crippen LogP contribution < -0.4 is 0 Å². The number of esters is 1. The van der Waals surface area contributed by atoms with E-state index in [1.54, 1.807) is 0 Å². The smallest absolute Gasteiger partial charge is 0.307 e. The number of hydrogen-bond donors (Lipinski definition) is 1. The molecule has 1 aromatic carbocycles. The summed E-state index contributed by atoms with van der Waals surface area (Å²) in [6.45, 7) is 10.8. The maximum atomic E-state index is 12.3. The number of aliphatic carboxylic acids is 1. The predicted octanol–water partition coefficient (Wildman–Crippen LogP) is 5.41. The number of carbonyl (C=O) groups is 2. The summed E-state index contributed by atoms with van der Waals surface area (Å²) in [6.07, 6.45) is 2.59. The first-order valence-electron chi connectivity index (χ1n) is 9.61. The summed E-state index contributed by atoms with van der Waals surface area (Å²) in [4.78, 5) is 23.0. The van der Waals surface area contributed by atoms with Crippen LogP contribution in [0.1, 0.15) is 72.3 Å². The average Bonchev–Trinajstić information content (AvgIpc) is 2.52. The van der Waals surface area contributed by atoms with E-state index < -0.39 is 17.5 Å². The number of hydrogen-bond acceptors (Lipinski definition) is 3. The topological polar surface area (TPSA) is 63.6 Å². The summed E-state index contributed by atoms with van der Waals surface area (Å²) >= 11 is 0. The van der Waals surface area contributed by atoms with Gasteiger partial charge in [-0.2, -0.15) is 0 Å². The van der Waals surface area contributed by atoms with Gasteiger partial charge in [-0.1, -0.05) is 58.0 Å². The molecule has 0 radical (unpaired) electrons. The first kappa shape index (κ1) is 22.2. The molecule has 4 heteroatoms. The zero-order valence-electron chi connectivity index (χ0n) is 16.8. The quantitative estimate of drug-likeness (QED) is 0.535. The van der Waals surface area contributed by atoms with E-state index in [1.165, 1.54) is 0 Å². The van der Waals surface area contributed by atoms with E-state index >= 15 is 0 Å². The van der Waals surface area contributed by atoms with Crippen LogP contribution >= 0.6 is 0 Å². The molecule has 0 aliphatic carbocycles. The molecule has 1 rings (SSSR count). The summed E-state index contributed by atoms with van der Waals surface area (Å²) in [7, 11) is 0. The van der Waals surface area contributed by atoms with Gasteiger partial charge in [0.25, 0.3) is 0 Å². The van der Waals surface area contributed by atoms with E-state index in [2.05, 4.69) is 27.7 Å². The zero-order chi connectivity index (χ0) is 19.7. The van der Waals surface area contributed by atoms with Gasteiger partial charge < -0.3 is 9.84 Å². The van der Waals surface area contributed by atoms with Gasteiger partial charge in [0.15, 0.2) is 0 Å². The molecular weight excluding hydrogens is 328 g/mol. The Hall–Kier alpha value is -1.84. The van der Waals surface area contributed by atoms with Gasteiger partial charge in [-0.25, -0.2) is 0 Å². The fourth-order valence-corrected chi connectivity index (χ4v) is 3.67. The predicted molar refractivity (Wildman–Crippen MR) is 104 cm³/mol. The van der Waals surface area contributed by atoms with Crippen molar-refractivity contribution in [3.63, 3.8) is 0 Å². The molecule has 0 amide bonds. The van der Waals surface area contributed by atoms with Crippen LogP contribution in [0, 0.1) is 17.8 Å².